The monoisotopic (exact) mass is 507 g/mol. The molecule has 0 unspecified atom stereocenters. The Bertz CT molecular complexity index is 1550. The van der Waals surface area contributed by atoms with E-state index in [1.54, 1.807) is 44.2 Å². The first-order valence-corrected chi connectivity index (χ1v) is 12.2. The number of methoxy groups -OCH3 is 2. The molecule has 1 N–H and O–H groups in total. The van der Waals surface area contributed by atoms with Gasteiger partial charge in [0.25, 0.3) is 0 Å². The average Bonchev–Trinajstić information content (AvgIpc) is 3.02. The van der Waals surface area contributed by atoms with E-state index in [1.165, 1.54) is 6.07 Å². The molecule has 1 atom stereocenters. The highest BCUT2D eigenvalue weighted by Crippen LogP contribution is 2.48. The van der Waals surface area contributed by atoms with Crippen LogP contribution in [0.3, 0.4) is 0 Å². The second-order valence-corrected chi connectivity index (χ2v) is 9.86. The van der Waals surface area contributed by atoms with Crippen molar-refractivity contribution >= 4 is 45.7 Å². The fraction of sp³-hybridized carbons (Fsp3) is 0.185. The summed E-state index contributed by atoms with van der Waals surface area (Å²) in [7, 11) is 3.20. The number of phenolic OH excluding ortho intramolecular Hbond substituents is 1. The molecule has 0 saturated heterocycles. The highest BCUT2D eigenvalue weighted by Gasteiger charge is 2.27. The molecule has 0 fully saturated rings. The summed E-state index contributed by atoms with van der Waals surface area (Å²) in [5.74, 6) is 1.25. The van der Waals surface area contributed by atoms with E-state index in [4.69, 9.17) is 30.5 Å². The molecule has 35 heavy (non-hydrogen) atoms. The lowest BCUT2D eigenvalue weighted by molar-refractivity contribution is 0.354. The number of phenols is 1. The van der Waals surface area contributed by atoms with Gasteiger partial charge in [-0.15, -0.1) is 11.8 Å². The van der Waals surface area contributed by atoms with Crippen LogP contribution >= 0.6 is 23.4 Å². The van der Waals surface area contributed by atoms with E-state index in [2.05, 4.69) is 0 Å². The van der Waals surface area contributed by atoms with Gasteiger partial charge in [0.05, 0.1) is 31.2 Å². The summed E-state index contributed by atoms with van der Waals surface area (Å²) in [6, 6.07) is 16.1. The lowest BCUT2D eigenvalue weighted by Gasteiger charge is -2.19. The Hall–Kier alpha value is -3.42. The maximum Gasteiger partial charge on any atom is 0.336 e. The summed E-state index contributed by atoms with van der Waals surface area (Å²) in [5, 5.41) is 12.2. The fourth-order valence-corrected chi connectivity index (χ4v) is 5.78. The topological polar surface area (TPSA) is 81.3 Å². The number of aryl methyl sites for hydroxylation is 1. The summed E-state index contributed by atoms with van der Waals surface area (Å²) in [6.45, 7) is 1.84. The van der Waals surface area contributed by atoms with E-state index in [0.717, 1.165) is 27.1 Å². The summed E-state index contributed by atoms with van der Waals surface area (Å²) in [5.41, 5.74) is 3.35. The zero-order valence-electron chi connectivity index (χ0n) is 19.3. The minimum absolute atomic E-state index is 0.00141. The Balaban J connectivity index is 1.73. The van der Waals surface area contributed by atoms with Gasteiger partial charge in [-0.1, -0.05) is 17.7 Å². The lowest BCUT2D eigenvalue weighted by Crippen LogP contribution is -2.09. The van der Waals surface area contributed by atoms with Crippen LogP contribution in [-0.4, -0.2) is 25.0 Å². The quantitative estimate of drug-likeness (QED) is 0.305. The summed E-state index contributed by atoms with van der Waals surface area (Å²) in [4.78, 5) is 18.1. The fourth-order valence-electron chi connectivity index (χ4n) is 4.29. The lowest BCUT2D eigenvalue weighted by atomic mass is 9.97. The average molecular weight is 508 g/mol. The number of hydrogen-bond donors (Lipinski definition) is 1. The van der Waals surface area contributed by atoms with Crippen molar-refractivity contribution < 1.29 is 19.0 Å². The Kier molecular flexibility index (Phi) is 6.21. The van der Waals surface area contributed by atoms with Crippen LogP contribution in [0.5, 0.6) is 17.2 Å². The number of ether oxygens (including phenoxy) is 2. The summed E-state index contributed by atoms with van der Waals surface area (Å²) in [6.07, 6.45) is 0.455. The molecule has 6 nitrogen and oxygen atoms in total. The number of hydrogen-bond acceptors (Lipinski definition) is 7. The zero-order chi connectivity index (χ0) is 24.7. The Labute approximate surface area is 211 Å². The van der Waals surface area contributed by atoms with Crippen molar-refractivity contribution in [3.63, 3.8) is 0 Å². The van der Waals surface area contributed by atoms with Gasteiger partial charge in [0.2, 0.25) is 0 Å². The van der Waals surface area contributed by atoms with E-state index >= 15 is 0 Å². The maximum absolute atomic E-state index is 12.2. The molecule has 1 aliphatic heterocycles. The molecule has 0 bridgehead atoms. The van der Waals surface area contributed by atoms with E-state index in [-0.39, 0.29) is 11.0 Å². The number of fused-ring (bicyclic) bond motifs is 2. The van der Waals surface area contributed by atoms with Gasteiger partial charge in [-0.05, 0) is 60.5 Å². The van der Waals surface area contributed by atoms with Crippen LogP contribution in [0.1, 0.15) is 28.4 Å². The third-order valence-electron chi connectivity index (χ3n) is 5.99. The molecule has 4 aromatic rings. The van der Waals surface area contributed by atoms with Crippen LogP contribution < -0.4 is 15.1 Å². The van der Waals surface area contributed by atoms with Gasteiger partial charge in [-0.2, -0.15) is 0 Å². The molecular weight excluding hydrogens is 486 g/mol. The summed E-state index contributed by atoms with van der Waals surface area (Å²) < 4.78 is 16.5. The second kappa shape index (κ2) is 9.32. The standard InChI is InChI=1S/C27H22ClNO5S/c1-14-10-25(31)34-27-17(14)6-8-20(30)26(27)19-13-23(15-4-9-21(32-2)22(11-15)33-3)35-24-12-16(28)5-7-18(24)29-19/h4-12,23,30H,13H2,1-3H3/t23-/m1/s1. The van der Waals surface area contributed by atoms with Gasteiger partial charge in [0.15, 0.2) is 17.1 Å². The molecule has 0 saturated carbocycles. The number of benzene rings is 3. The minimum Gasteiger partial charge on any atom is -0.507 e. The minimum atomic E-state index is -0.478. The van der Waals surface area contributed by atoms with Crippen molar-refractivity contribution in [1.82, 2.24) is 0 Å². The first-order valence-electron chi connectivity index (χ1n) is 10.9. The molecule has 1 aliphatic rings. The highest BCUT2D eigenvalue weighted by molar-refractivity contribution is 7.99. The first kappa shape index (κ1) is 23.3. The van der Waals surface area contributed by atoms with Crippen molar-refractivity contribution in [3.8, 4) is 17.2 Å². The molecule has 2 heterocycles. The highest BCUT2D eigenvalue weighted by atomic mass is 35.5. The molecule has 5 rings (SSSR count). The molecular formula is C27H22ClNO5S. The van der Waals surface area contributed by atoms with Crippen molar-refractivity contribution in [3.05, 3.63) is 86.7 Å². The van der Waals surface area contributed by atoms with Crippen LogP contribution in [0.15, 0.2) is 73.7 Å². The van der Waals surface area contributed by atoms with Gasteiger partial charge in [-0.25, -0.2) is 4.79 Å². The van der Waals surface area contributed by atoms with Crippen LogP contribution in [0, 0.1) is 6.92 Å². The Morgan fingerprint density at radius 2 is 1.86 bits per heavy atom. The molecule has 3 aromatic carbocycles. The number of aliphatic imine (C=N–C) groups is 1. The number of halogens is 1. The third kappa shape index (κ3) is 4.37. The van der Waals surface area contributed by atoms with E-state index in [0.29, 0.717) is 39.8 Å². The molecule has 178 valence electrons. The number of nitrogens with zero attached hydrogens (tertiary/aromatic N) is 1. The predicted molar refractivity (Wildman–Crippen MR) is 139 cm³/mol. The SMILES string of the molecule is COc1ccc([C@H]2CC(c3c(O)ccc4c(C)cc(=O)oc34)=Nc3ccc(Cl)cc3S2)cc1OC. The van der Waals surface area contributed by atoms with Gasteiger partial charge < -0.3 is 19.0 Å². The third-order valence-corrected chi connectivity index (χ3v) is 7.53. The second-order valence-electron chi connectivity index (χ2n) is 8.18. The summed E-state index contributed by atoms with van der Waals surface area (Å²) >= 11 is 7.94. The Morgan fingerprint density at radius 3 is 2.63 bits per heavy atom. The van der Waals surface area contributed by atoms with Crippen molar-refractivity contribution in [2.24, 2.45) is 4.99 Å². The molecule has 0 radical (unpaired) electrons. The van der Waals surface area contributed by atoms with E-state index in [9.17, 15) is 9.90 Å². The molecule has 8 heteroatoms. The van der Waals surface area contributed by atoms with E-state index < -0.39 is 5.63 Å². The first-order chi connectivity index (χ1) is 16.9. The van der Waals surface area contributed by atoms with Crippen LogP contribution in [0.25, 0.3) is 11.0 Å². The van der Waals surface area contributed by atoms with Gasteiger partial charge in [0.1, 0.15) is 5.75 Å². The largest absolute Gasteiger partial charge is 0.507 e. The molecule has 0 aliphatic carbocycles. The molecule has 0 spiro atoms. The smallest absolute Gasteiger partial charge is 0.336 e. The number of aromatic hydroxyl groups is 1. The van der Waals surface area contributed by atoms with Crippen LogP contribution in [0.4, 0.5) is 5.69 Å². The van der Waals surface area contributed by atoms with Crippen LogP contribution in [-0.2, 0) is 0 Å². The molecule has 1 aromatic heterocycles. The number of rotatable bonds is 4. The van der Waals surface area contributed by atoms with Gasteiger partial charge in [-0.3, -0.25) is 4.99 Å². The zero-order valence-corrected chi connectivity index (χ0v) is 20.9. The normalized spacial score (nSPS) is 15.3. The van der Waals surface area contributed by atoms with E-state index in [1.807, 2.05) is 37.3 Å². The maximum atomic E-state index is 12.2. The number of thioether (sulfide) groups is 1. The van der Waals surface area contributed by atoms with Gasteiger partial charge >= 0.3 is 5.63 Å². The van der Waals surface area contributed by atoms with Crippen molar-refractivity contribution in [1.29, 1.82) is 0 Å². The van der Waals surface area contributed by atoms with Crippen molar-refractivity contribution in [2.45, 2.75) is 23.5 Å². The van der Waals surface area contributed by atoms with Gasteiger partial charge in [0, 0.05) is 33.0 Å². The molecule has 0 amide bonds. The Morgan fingerprint density at radius 1 is 1.06 bits per heavy atom. The van der Waals surface area contributed by atoms with Crippen LogP contribution in [0.2, 0.25) is 5.02 Å². The predicted octanol–water partition coefficient (Wildman–Crippen LogP) is 6.84. The van der Waals surface area contributed by atoms with Crippen molar-refractivity contribution in [2.75, 3.05) is 14.2 Å².